The normalized spacial score (nSPS) is 17.9. The smallest absolute Gasteiger partial charge is 0.313 e. The Balaban J connectivity index is 2.31. The van der Waals surface area contributed by atoms with Crippen LogP contribution in [-0.2, 0) is 16.0 Å². The van der Waals surface area contributed by atoms with E-state index in [2.05, 4.69) is 25.2 Å². The number of rotatable bonds is 3. The molecule has 0 radical (unpaired) electrons. The van der Waals surface area contributed by atoms with E-state index in [4.69, 9.17) is 16.3 Å². The summed E-state index contributed by atoms with van der Waals surface area (Å²) in [6.45, 7) is 8.41. The molecule has 4 heteroatoms. The Morgan fingerprint density at radius 1 is 1.50 bits per heavy atom. The van der Waals surface area contributed by atoms with Gasteiger partial charge in [-0.2, -0.15) is 0 Å². The number of nitrogens with one attached hydrogen (secondary N) is 1. The fourth-order valence-electron chi connectivity index (χ4n) is 2.53. The van der Waals surface area contributed by atoms with E-state index >= 15 is 0 Å². The molecule has 0 saturated carbocycles. The highest BCUT2D eigenvalue weighted by Gasteiger charge is 2.27. The number of aryl methyl sites for hydroxylation is 1. The summed E-state index contributed by atoms with van der Waals surface area (Å²) < 4.78 is 5.08. The highest BCUT2D eigenvalue weighted by atomic mass is 35.5. The van der Waals surface area contributed by atoms with Crippen LogP contribution in [0.15, 0.2) is 12.1 Å². The van der Waals surface area contributed by atoms with Gasteiger partial charge < -0.3 is 10.1 Å². The van der Waals surface area contributed by atoms with Crippen LogP contribution in [0.3, 0.4) is 0 Å². The summed E-state index contributed by atoms with van der Waals surface area (Å²) in [6.07, 6.45) is 2.02. The molecule has 0 saturated heterocycles. The van der Waals surface area contributed by atoms with Crippen molar-refractivity contribution in [2.45, 2.75) is 52.0 Å². The van der Waals surface area contributed by atoms with Gasteiger partial charge in [0.05, 0.1) is 23.2 Å². The summed E-state index contributed by atoms with van der Waals surface area (Å²) in [5.41, 5.74) is 3.17. The van der Waals surface area contributed by atoms with Crippen LogP contribution in [0.1, 0.15) is 51.2 Å². The SMILES string of the molecule is CCOC(=O)C(C)c1cc(Cl)c2c(c1)CCC(C)(C)N2. The van der Waals surface area contributed by atoms with Gasteiger partial charge in [0, 0.05) is 5.54 Å². The van der Waals surface area contributed by atoms with Gasteiger partial charge in [-0.15, -0.1) is 0 Å². The molecule has 1 atom stereocenters. The molecule has 0 aliphatic carbocycles. The Morgan fingerprint density at radius 3 is 2.85 bits per heavy atom. The number of halogens is 1. The average Bonchev–Trinajstić information content (AvgIpc) is 2.38. The molecule has 0 aromatic heterocycles. The first-order chi connectivity index (χ1) is 9.34. The third-order valence-corrected chi connectivity index (χ3v) is 4.12. The maximum atomic E-state index is 11.8. The van der Waals surface area contributed by atoms with Crippen LogP contribution >= 0.6 is 11.6 Å². The minimum absolute atomic E-state index is 0.0604. The summed E-state index contributed by atoms with van der Waals surface area (Å²) >= 11 is 6.39. The predicted molar refractivity (Wildman–Crippen MR) is 82.5 cm³/mol. The van der Waals surface area contributed by atoms with E-state index in [0.717, 1.165) is 24.1 Å². The molecule has 1 aliphatic rings. The molecule has 0 spiro atoms. The summed E-state index contributed by atoms with van der Waals surface area (Å²) in [5, 5.41) is 4.16. The summed E-state index contributed by atoms with van der Waals surface area (Å²) in [5.74, 6) is -0.486. The van der Waals surface area contributed by atoms with Crippen molar-refractivity contribution in [2.24, 2.45) is 0 Å². The minimum Gasteiger partial charge on any atom is -0.466 e. The lowest BCUT2D eigenvalue weighted by atomic mass is 9.87. The fourth-order valence-corrected chi connectivity index (χ4v) is 2.82. The Labute approximate surface area is 125 Å². The number of anilines is 1. The molecule has 0 bridgehead atoms. The van der Waals surface area contributed by atoms with E-state index in [-0.39, 0.29) is 17.4 Å². The van der Waals surface area contributed by atoms with Crippen LogP contribution in [0.5, 0.6) is 0 Å². The quantitative estimate of drug-likeness (QED) is 0.852. The third kappa shape index (κ3) is 3.09. The van der Waals surface area contributed by atoms with Gasteiger partial charge in [-0.1, -0.05) is 17.7 Å². The minimum atomic E-state index is -0.285. The Morgan fingerprint density at radius 2 is 2.20 bits per heavy atom. The number of fused-ring (bicyclic) bond motifs is 1. The number of carbonyl (C=O) groups is 1. The van der Waals surface area contributed by atoms with Gasteiger partial charge in [-0.3, -0.25) is 4.79 Å². The van der Waals surface area contributed by atoms with Crippen LogP contribution in [0, 0.1) is 0 Å². The Kier molecular flexibility index (Phi) is 4.28. The topological polar surface area (TPSA) is 38.3 Å². The molecule has 1 aromatic rings. The Hall–Kier alpha value is -1.22. The second-order valence-corrected chi connectivity index (χ2v) is 6.43. The van der Waals surface area contributed by atoms with E-state index in [1.54, 1.807) is 0 Å². The summed E-state index contributed by atoms with van der Waals surface area (Å²) in [6, 6.07) is 3.95. The van der Waals surface area contributed by atoms with E-state index < -0.39 is 0 Å². The van der Waals surface area contributed by atoms with Gasteiger partial charge in [0.15, 0.2) is 0 Å². The summed E-state index contributed by atoms with van der Waals surface area (Å²) in [7, 11) is 0. The van der Waals surface area contributed by atoms with Crippen molar-refractivity contribution in [1.82, 2.24) is 0 Å². The van der Waals surface area contributed by atoms with Crippen LogP contribution < -0.4 is 5.32 Å². The molecule has 3 nitrogen and oxygen atoms in total. The zero-order chi connectivity index (χ0) is 14.9. The van der Waals surface area contributed by atoms with Gasteiger partial charge in [0.2, 0.25) is 0 Å². The lowest BCUT2D eigenvalue weighted by Crippen LogP contribution is -2.35. The molecule has 2 rings (SSSR count). The predicted octanol–water partition coefficient (Wildman–Crippen LogP) is 4.14. The Bertz CT molecular complexity index is 525. The molecule has 110 valence electrons. The number of ether oxygens (including phenoxy) is 1. The average molecular weight is 296 g/mol. The first-order valence-corrected chi connectivity index (χ1v) is 7.49. The van der Waals surface area contributed by atoms with Crippen molar-refractivity contribution in [2.75, 3.05) is 11.9 Å². The van der Waals surface area contributed by atoms with E-state index in [0.29, 0.717) is 11.6 Å². The molecule has 20 heavy (non-hydrogen) atoms. The molecular weight excluding hydrogens is 274 g/mol. The number of hydrogen-bond acceptors (Lipinski definition) is 3. The third-order valence-electron chi connectivity index (χ3n) is 3.82. The highest BCUT2D eigenvalue weighted by Crippen LogP contribution is 2.38. The molecule has 0 fully saturated rings. The van der Waals surface area contributed by atoms with Crippen molar-refractivity contribution < 1.29 is 9.53 Å². The van der Waals surface area contributed by atoms with Crippen LogP contribution in [0.25, 0.3) is 0 Å². The van der Waals surface area contributed by atoms with E-state index in [9.17, 15) is 4.79 Å². The van der Waals surface area contributed by atoms with Crippen molar-refractivity contribution >= 4 is 23.3 Å². The molecular formula is C16H22ClNO2. The lowest BCUT2D eigenvalue weighted by Gasteiger charge is -2.34. The monoisotopic (exact) mass is 295 g/mol. The molecule has 1 aliphatic heterocycles. The molecule has 1 aromatic carbocycles. The maximum Gasteiger partial charge on any atom is 0.313 e. The number of benzene rings is 1. The molecule has 1 unspecified atom stereocenters. The van der Waals surface area contributed by atoms with Crippen molar-refractivity contribution in [3.63, 3.8) is 0 Å². The van der Waals surface area contributed by atoms with Crippen LogP contribution in [0.4, 0.5) is 5.69 Å². The van der Waals surface area contributed by atoms with E-state index in [1.807, 2.05) is 19.9 Å². The first-order valence-electron chi connectivity index (χ1n) is 7.11. The van der Waals surface area contributed by atoms with Crippen molar-refractivity contribution in [3.8, 4) is 0 Å². The van der Waals surface area contributed by atoms with Gasteiger partial charge in [-0.05, 0) is 57.7 Å². The second kappa shape index (κ2) is 5.65. The van der Waals surface area contributed by atoms with Gasteiger partial charge in [-0.25, -0.2) is 0 Å². The zero-order valence-electron chi connectivity index (χ0n) is 12.5. The van der Waals surface area contributed by atoms with Gasteiger partial charge in [0.25, 0.3) is 0 Å². The number of esters is 1. The van der Waals surface area contributed by atoms with Crippen molar-refractivity contribution in [3.05, 3.63) is 28.3 Å². The fraction of sp³-hybridized carbons (Fsp3) is 0.562. The largest absolute Gasteiger partial charge is 0.466 e. The van der Waals surface area contributed by atoms with Gasteiger partial charge >= 0.3 is 5.97 Å². The summed E-state index contributed by atoms with van der Waals surface area (Å²) in [4.78, 5) is 11.8. The number of hydrogen-bond donors (Lipinski definition) is 1. The second-order valence-electron chi connectivity index (χ2n) is 6.02. The number of carbonyl (C=O) groups excluding carboxylic acids is 1. The standard InChI is InChI=1S/C16H22ClNO2/c1-5-20-15(19)10(2)12-8-11-6-7-16(3,4)18-14(11)13(17)9-12/h8-10,18H,5-7H2,1-4H3. The molecule has 1 heterocycles. The van der Waals surface area contributed by atoms with E-state index in [1.165, 1.54) is 5.56 Å². The zero-order valence-corrected chi connectivity index (χ0v) is 13.3. The van der Waals surface area contributed by atoms with Crippen LogP contribution in [-0.4, -0.2) is 18.1 Å². The highest BCUT2D eigenvalue weighted by molar-refractivity contribution is 6.33. The first kappa shape index (κ1) is 15.2. The maximum absolute atomic E-state index is 11.8. The van der Waals surface area contributed by atoms with Crippen LogP contribution in [0.2, 0.25) is 5.02 Å². The molecule has 1 N–H and O–H groups in total. The molecule has 0 amide bonds. The lowest BCUT2D eigenvalue weighted by molar-refractivity contribution is -0.144. The van der Waals surface area contributed by atoms with Crippen molar-refractivity contribution in [1.29, 1.82) is 0 Å². The van der Waals surface area contributed by atoms with Gasteiger partial charge in [0.1, 0.15) is 0 Å².